The van der Waals surface area contributed by atoms with E-state index in [1.165, 1.54) is 11.3 Å². The third kappa shape index (κ3) is 2.82. The number of nitrogens with one attached hydrogen (secondary N) is 1. The molecule has 0 bridgehead atoms. The zero-order valence-electron chi connectivity index (χ0n) is 12.7. The van der Waals surface area contributed by atoms with Gasteiger partial charge in [-0.3, -0.25) is 9.20 Å². The number of benzene rings is 1. The highest BCUT2D eigenvalue weighted by atomic mass is 32.1. The lowest BCUT2D eigenvalue weighted by Crippen LogP contribution is -2.16. The summed E-state index contributed by atoms with van der Waals surface area (Å²) in [5.41, 5.74) is 1.86. The molecule has 2 aromatic heterocycles. The zero-order chi connectivity index (χ0) is 15.7. The van der Waals surface area contributed by atoms with Gasteiger partial charge in [0.05, 0.1) is 11.8 Å². The Labute approximate surface area is 132 Å². The second kappa shape index (κ2) is 5.81. The van der Waals surface area contributed by atoms with Crippen LogP contribution in [0.4, 0.5) is 0 Å². The lowest BCUT2D eigenvalue weighted by atomic mass is 10.1. The van der Waals surface area contributed by atoms with Gasteiger partial charge in [0.25, 0.3) is 5.91 Å². The van der Waals surface area contributed by atoms with Crippen molar-refractivity contribution in [3.05, 3.63) is 41.5 Å². The van der Waals surface area contributed by atoms with Crippen molar-refractivity contribution in [3.63, 3.8) is 0 Å². The highest BCUT2D eigenvalue weighted by Gasteiger charge is 2.12. The summed E-state index contributed by atoms with van der Waals surface area (Å²) in [4.78, 5) is 17.7. The van der Waals surface area contributed by atoms with Crippen LogP contribution in [-0.4, -0.2) is 28.4 Å². The molecule has 0 spiro atoms. The number of hydrogen-bond donors (Lipinski definition) is 1. The number of aromatic nitrogens is 2. The number of ether oxygens (including phenoxy) is 1. The molecule has 0 radical (unpaired) electrons. The Morgan fingerprint density at radius 1 is 1.36 bits per heavy atom. The molecule has 1 amide bonds. The summed E-state index contributed by atoms with van der Waals surface area (Å²) in [5.74, 6) is 0.735. The first-order valence-corrected chi connectivity index (χ1v) is 7.86. The largest absolute Gasteiger partial charge is 0.491 e. The lowest BCUT2D eigenvalue weighted by Gasteiger charge is -2.10. The minimum Gasteiger partial charge on any atom is -0.491 e. The molecule has 1 N–H and O–H groups in total. The molecule has 2 heterocycles. The second-order valence-electron chi connectivity index (χ2n) is 5.18. The first kappa shape index (κ1) is 14.6. The summed E-state index contributed by atoms with van der Waals surface area (Å²) >= 11 is 1.37. The van der Waals surface area contributed by atoms with Crippen LogP contribution >= 0.6 is 11.3 Å². The van der Waals surface area contributed by atoms with Gasteiger partial charge >= 0.3 is 0 Å². The number of fused-ring (bicyclic) bond motifs is 1. The van der Waals surface area contributed by atoms with Crippen molar-refractivity contribution in [3.8, 4) is 17.0 Å². The second-order valence-corrected chi connectivity index (χ2v) is 6.19. The summed E-state index contributed by atoms with van der Waals surface area (Å²) in [7, 11) is 1.62. The molecule has 1 aromatic carbocycles. The van der Waals surface area contributed by atoms with Crippen LogP contribution in [0.1, 0.15) is 23.5 Å². The number of rotatable bonds is 4. The molecule has 22 heavy (non-hydrogen) atoms. The molecule has 3 aromatic rings. The van der Waals surface area contributed by atoms with Gasteiger partial charge in [0.15, 0.2) is 4.96 Å². The van der Waals surface area contributed by atoms with Gasteiger partial charge in [-0.1, -0.05) is 23.5 Å². The molecule has 0 atom stereocenters. The minimum absolute atomic E-state index is 0.0932. The Bertz CT molecular complexity index is 788. The van der Waals surface area contributed by atoms with E-state index in [2.05, 4.69) is 10.3 Å². The van der Waals surface area contributed by atoms with Crippen molar-refractivity contribution in [2.75, 3.05) is 7.05 Å². The van der Waals surface area contributed by atoms with Crippen LogP contribution < -0.4 is 10.1 Å². The molecule has 5 nitrogen and oxygen atoms in total. The molecule has 6 heteroatoms. The average Bonchev–Trinajstić information content (AvgIpc) is 3.04. The van der Waals surface area contributed by atoms with E-state index < -0.39 is 0 Å². The van der Waals surface area contributed by atoms with Crippen LogP contribution in [0.5, 0.6) is 5.75 Å². The van der Waals surface area contributed by atoms with Gasteiger partial charge in [-0.2, -0.15) is 0 Å². The molecule has 3 rings (SSSR count). The van der Waals surface area contributed by atoms with Crippen LogP contribution in [-0.2, 0) is 0 Å². The third-order valence-corrected chi connectivity index (χ3v) is 4.10. The van der Waals surface area contributed by atoms with Crippen LogP contribution in [0.3, 0.4) is 0 Å². The first-order chi connectivity index (χ1) is 10.6. The molecule has 0 saturated carbocycles. The molecule has 0 fully saturated rings. The number of carbonyl (C=O) groups is 1. The molecular formula is C16H17N3O2S. The number of imidazole rings is 1. The highest BCUT2D eigenvalue weighted by Crippen LogP contribution is 2.26. The quantitative estimate of drug-likeness (QED) is 0.804. The Kier molecular flexibility index (Phi) is 3.85. The van der Waals surface area contributed by atoms with Crippen molar-refractivity contribution in [1.29, 1.82) is 0 Å². The summed E-state index contributed by atoms with van der Waals surface area (Å²) in [6.07, 6.45) is 3.85. The Morgan fingerprint density at radius 2 is 2.18 bits per heavy atom. The number of hydrogen-bond acceptors (Lipinski definition) is 4. The molecule has 114 valence electrons. The Hall–Kier alpha value is -2.34. The van der Waals surface area contributed by atoms with E-state index in [4.69, 9.17) is 4.74 Å². The molecule has 0 aliphatic heterocycles. The number of amides is 1. The van der Waals surface area contributed by atoms with Gasteiger partial charge in [0, 0.05) is 25.0 Å². The van der Waals surface area contributed by atoms with Crippen molar-refractivity contribution < 1.29 is 9.53 Å². The topological polar surface area (TPSA) is 55.6 Å². The number of nitrogens with zero attached hydrogens (tertiary/aromatic N) is 2. The van der Waals surface area contributed by atoms with Crippen molar-refractivity contribution in [2.24, 2.45) is 0 Å². The smallest absolute Gasteiger partial charge is 0.262 e. The number of thiazole rings is 1. The normalized spacial score (nSPS) is 11.1. The van der Waals surface area contributed by atoms with Gasteiger partial charge in [-0.25, -0.2) is 4.98 Å². The third-order valence-electron chi connectivity index (χ3n) is 3.11. The van der Waals surface area contributed by atoms with Crippen LogP contribution in [0.25, 0.3) is 16.2 Å². The standard InChI is InChI=1S/C16H17N3O2S/c1-10(2)21-12-6-4-5-11(7-12)13-8-19-9-14(15(20)17-3)22-16(19)18-13/h4-10H,1-3H3,(H,17,20). The van der Waals surface area contributed by atoms with Gasteiger partial charge < -0.3 is 10.1 Å². The SMILES string of the molecule is CNC(=O)c1cn2cc(-c3cccc(OC(C)C)c3)nc2s1. The first-order valence-electron chi connectivity index (χ1n) is 7.04. The van der Waals surface area contributed by atoms with Gasteiger partial charge in [-0.05, 0) is 26.0 Å². The van der Waals surface area contributed by atoms with Crippen LogP contribution in [0.15, 0.2) is 36.7 Å². The maximum absolute atomic E-state index is 11.6. The van der Waals surface area contributed by atoms with E-state index in [-0.39, 0.29) is 12.0 Å². The maximum Gasteiger partial charge on any atom is 0.262 e. The summed E-state index contributed by atoms with van der Waals surface area (Å²) < 4.78 is 7.59. The van der Waals surface area contributed by atoms with E-state index in [9.17, 15) is 4.79 Å². The molecular weight excluding hydrogens is 298 g/mol. The van der Waals surface area contributed by atoms with Gasteiger partial charge in [0.1, 0.15) is 10.6 Å². The Balaban J connectivity index is 1.93. The van der Waals surface area contributed by atoms with Crippen LogP contribution in [0, 0.1) is 0 Å². The summed E-state index contributed by atoms with van der Waals surface area (Å²) in [5, 5.41) is 2.62. The summed E-state index contributed by atoms with van der Waals surface area (Å²) in [6, 6.07) is 7.87. The minimum atomic E-state index is -0.0932. The van der Waals surface area contributed by atoms with E-state index in [1.807, 2.05) is 48.7 Å². The monoisotopic (exact) mass is 315 g/mol. The molecule has 0 aliphatic carbocycles. The van der Waals surface area contributed by atoms with E-state index in [0.29, 0.717) is 4.88 Å². The van der Waals surface area contributed by atoms with E-state index in [1.54, 1.807) is 13.2 Å². The maximum atomic E-state index is 11.6. The van der Waals surface area contributed by atoms with Crippen molar-refractivity contribution in [2.45, 2.75) is 20.0 Å². The fraction of sp³-hybridized carbons (Fsp3) is 0.250. The Morgan fingerprint density at radius 3 is 2.86 bits per heavy atom. The van der Waals surface area contributed by atoms with Gasteiger partial charge in [-0.15, -0.1) is 0 Å². The summed E-state index contributed by atoms with van der Waals surface area (Å²) in [6.45, 7) is 4.00. The highest BCUT2D eigenvalue weighted by molar-refractivity contribution is 7.18. The average molecular weight is 315 g/mol. The zero-order valence-corrected chi connectivity index (χ0v) is 13.5. The lowest BCUT2D eigenvalue weighted by molar-refractivity contribution is 0.0967. The van der Waals surface area contributed by atoms with Crippen LogP contribution in [0.2, 0.25) is 0 Å². The van der Waals surface area contributed by atoms with Crippen molar-refractivity contribution >= 4 is 22.2 Å². The van der Waals surface area contributed by atoms with Crippen molar-refractivity contribution in [1.82, 2.24) is 14.7 Å². The predicted molar refractivity (Wildman–Crippen MR) is 87.7 cm³/mol. The fourth-order valence-corrected chi connectivity index (χ4v) is 3.08. The van der Waals surface area contributed by atoms with E-state index >= 15 is 0 Å². The van der Waals surface area contributed by atoms with Gasteiger partial charge in [0.2, 0.25) is 0 Å². The number of carbonyl (C=O) groups excluding carboxylic acids is 1. The molecule has 0 aliphatic rings. The fourth-order valence-electron chi connectivity index (χ4n) is 2.16. The predicted octanol–water partition coefficient (Wildman–Crippen LogP) is 3.21. The molecule has 0 saturated heterocycles. The van der Waals surface area contributed by atoms with E-state index in [0.717, 1.165) is 22.0 Å². The molecule has 0 unspecified atom stereocenters.